The highest BCUT2D eigenvalue weighted by atomic mass is 16.5. The van der Waals surface area contributed by atoms with Crippen molar-refractivity contribution in [3.8, 4) is 0 Å². The monoisotopic (exact) mass is 576 g/mol. The predicted molar refractivity (Wildman–Crippen MR) is 150 cm³/mol. The first kappa shape index (κ1) is 34.7. The van der Waals surface area contributed by atoms with E-state index in [9.17, 15) is 24.0 Å². The van der Waals surface area contributed by atoms with Gasteiger partial charge in [0.05, 0.1) is 19.3 Å². The maximum Gasteiger partial charge on any atom is 0.407 e. The van der Waals surface area contributed by atoms with E-state index in [2.05, 4.69) is 31.3 Å². The lowest BCUT2D eigenvalue weighted by Crippen LogP contribution is -2.45. The van der Waals surface area contributed by atoms with Crippen LogP contribution in [0.4, 0.5) is 15.3 Å². The smallest absolute Gasteiger partial charge is 0.407 e. The Balaban J connectivity index is 2.83. The van der Waals surface area contributed by atoms with Crippen LogP contribution in [-0.4, -0.2) is 69.1 Å². The third kappa shape index (κ3) is 15.1. The second-order valence-corrected chi connectivity index (χ2v) is 9.42. The van der Waals surface area contributed by atoms with Crippen LogP contribution in [0, 0.1) is 11.8 Å². The van der Waals surface area contributed by atoms with Crippen LogP contribution in [0.15, 0.2) is 29.4 Å². The Morgan fingerprint density at radius 1 is 1.10 bits per heavy atom. The molecular weight excluding hydrogens is 536 g/mol. The van der Waals surface area contributed by atoms with E-state index in [1.807, 2.05) is 0 Å². The zero-order valence-electron chi connectivity index (χ0n) is 23.7. The molecule has 1 aromatic rings. The van der Waals surface area contributed by atoms with Crippen LogP contribution in [0.25, 0.3) is 10.4 Å². The van der Waals surface area contributed by atoms with E-state index in [4.69, 9.17) is 20.7 Å². The Labute approximate surface area is 238 Å². The first-order valence-corrected chi connectivity index (χ1v) is 13.3. The summed E-state index contributed by atoms with van der Waals surface area (Å²) in [6.45, 7) is 4.30. The van der Waals surface area contributed by atoms with Crippen molar-refractivity contribution >= 4 is 35.4 Å². The summed E-state index contributed by atoms with van der Waals surface area (Å²) in [6.07, 6.45) is 0.00219. The number of hydrogen-bond acceptors (Lipinski definition) is 8. The minimum atomic E-state index is -0.815. The van der Waals surface area contributed by atoms with Gasteiger partial charge in [-0.25, -0.2) is 9.59 Å². The summed E-state index contributed by atoms with van der Waals surface area (Å²) >= 11 is 0. The van der Waals surface area contributed by atoms with Crippen molar-refractivity contribution in [3.05, 3.63) is 40.3 Å². The summed E-state index contributed by atoms with van der Waals surface area (Å²) in [4.78, 5) is 63.8. The fourth-order valence-corrected chi connectivity index (χ4v) is 3.69. The van der Waals surface area contributed by atoms with Gasteiger partial charge in [-0.3, -0.25) is 14.4 Å². The van der Waals surface area contributed by atoms with E-state index in [1.165, 1.54) is 7.05 Å². The summed E-state index contributed by atoms with van der Waals surface area (Å²) in [6, 6.07) is 5.19. The summed E-state index contributed by atoms with van der Waals surface area (Å²) < 4.78 is 10.2. The summed E-state index contributed by atoms with van der Waals surface area (Å²) in [5.41, 5.74) is 14.6. The maximum atomic E-state index is 13.3. The van der Waals surface area contributed by atoms with E-state index in [1.54, 1.807) is 38.1 Å². The Morgan fingerprint density at radius 3 is 2.41 bits per heavy atom. The number of nitrogens with zero attached hydrogens (tertiary/aromatic N) is 3. The van der Waals surface area contributed by atoms with Gasteiger partial charge in [-0.2, -0.15) is 0 Å². The quantitative estimate of drug-likeness (QED) is 0.0714. The molecule has 1 aromatic carbocycles. The van der Waals surface area contributed by atoms with Gasteiger partial charge >= 0.3 is 12.1 Å². The molecule has 0 spiro atoms. The van der Waals surface area contributed by atoms with Crippen LogP contribution in [-0.2, 0) is 30.5 Å². The molecule has 0 saturated carbocycles. The Bertz CT molecular complexity index is 1060. The number of urea groups is 1. The van der Waals surface area contributed by atoms with Gasteiger partial charge in [-0.1, -0.05) is 31.1 Å². The molecule has 0 fully saturated rings. The molecule has 2 atom stereocenters. The average Bonchev–Trinajstić information content (AvgIpc) is 2.94. The first-order chi connectivity index (χ1) is 19.6. The van der Waals surface area contributed by atoms with Crippen molar-refractivity contribution in [2.75, 3.05) is 38.7 Å². The number of amides is 5. The lowest BCUT2D eigenvalue weighted by atomic mass is 9.89. The molecule has 41 heavy (non-hydrogen) atoms. The standard InChI is InChI=1S/C26H40N8O7/c1-17(2)23(33-22(36)10-13-40-14-12-31-34-28)21(35)15-19(5-4-11-30-25(27)38)24(37)32-20-8-6-18(7-9-20)16-41-26(39)29-3/h6-9,17,19,23H,4-5,10-16H2,1-3H3,(H,29,39)(H,32,37)(H,33,36)(H3,27,30,38)/t19-,23+/m1/s1. The minimum absolute atomic E-state index is 0.0135. The number of ether oxygens (including phenoxy) is 2. The van der Waals surface area contributed by atoms with Gasteiger partial charge in [0, 0.05) is 49.5 Å². The summed E-state index contributed by atoms with van der Waals surface area (Å²) in [5, 5.41) is 13.7. The highest BCUT2D eigenvalue weighted by molar-refractivity contribution is 5.97. The molecule has 0 radical (unpaired) electrons. The Kier molecular flexibility index (Phi) is 16.6. The predicted octanol–water partition coefficient (Wildman–Crippen LogP) is 2.36. The third-order valence-electron chi connectivity index (χ3n) is 5.84. The molecule has 6 N–H and O–H groups in total. The van der Waals surface area contributed by atoms with Crippen molar-refractivity contribution in [1.82, 2.24) is 16.0 Å². The van der Waals surface area contributed by atoms with Gasteiger partial charge in [0.25, 0.3) is 0 Å². The second-order valence-electron chi connectivity index (χ2n) is 9.42. The van der Waals surface area contributed by atoms with E-state index < -0.39 is 30.0 Å². The Hall–Kier alpha value is -4.36. The van der Waals surface area contributed by atoms with Crippen LogP contribution in [0.3, 0.4) is 0 Å². The number of nitrogens with two attached hydrogens (primary N) is 1. The fraction of sp³-hybridized carbons (Fsp3) is 0.577. The lowest BCUT2D eigenvalue weighted by Gasteiger charge is -2.24. The number of ketones is 1. The van der Waals surface area contributed by atoms with Gasteiger partial charge in [0.15, 0.2) is 5.78 Å². The normalized spacial score (nSPS) is 11.9. The molecule has 0 aliphatic rings. The fourth-order valence-electron chi connectivity index (χ4n) is 3.69. The molecule has 0 aliphatic carbocycles. The zero-order valence-corrected chi connectivity index (χ0v) is 23.7. The van der Waals surface area contributed by atoms with Crippen LogP contribution >= 0.6 is 0 Å². The van der Waals surface area contributed by atoms with E-state index in [0.29, 0.717) is 17.7 Å². The number of carbonyl (C=O) groups excluding carboxylic acids is 5. The number of nitrogens with one attached hydrogen (secondary N) is 4. The van der Waals surface area contributed by atoms with Gasteiger partial charge in [0.1, 0.15) is 6.61 Å². The molecule has 1 rings (SSSR count). The van der Waals surface area contributed by atoms with Crippen molar-refractivity contribution < 1.29 is 33.4 Å². The molecule has 0 unspecified atom stereocenters. The number of hydrogen-bond donors (Lipinski definition) is 5. The van der Waals surface area contributed by atoms with Gasteiger partial charge in [-0.15, -0.1) is 0 Å². The highest BCUT2D eigenvalue weighted by Gasteiger charge is 2.29. The number of azide groups is 1. The highest BCUT2D eigenvalue weighted by Crippen LogP contribution is 2.19. The molecule has 5 amide bonds. The number of rotatable bonds is 19. The largest absolute Gasteiger partial charge is 0.445 e. The number of anilines is 1. The van der Waals surface area contributed by atoms with E-state index in [0.717, 1.165) is 0 Å². The van der Waals surface area contributed by atoms with E-state index >= 15 is 0 Å². The molecular formula is C26H40N8O7. The molecule has 15 nitrogen and oxygen atoms in total. The molecule has 0 heterocycles. The van der Waals surface area contributed by atoms with Crippen molar-refractivity contribution in [1.29, 1.82) is 0 Å². The van der Waals surface area contributed by atoms with Crippen LogP contribution in [0.1, 0.15) is 45.1 Å². The van der Waals surface area contributed by atoms with Crippen LogP contribution in [0.2, 0.25) is 0 Å². The number of primary amides is 1. The minimum Gasteiger partial charge on any atom is -0.445 e. The molecule has 0 bridgehead atoms. The molecule has 15 heteroatoms. The first-order valence-electron chi connectivity index (χ1n) is 13.3. The number of benzene rings is 1. The second kappa shape index (κ2) is 19.7. The van der Waals surface area contributed by atoms with Crippen molar-refractivity contribution in [3.63, 3.8) is 0 Å². The maximum absolute atomic E-state index is 13.3. The van der Waals surface area contributed by atoms with Crippen molar-refractivity contribution in [2.45, 2.75) is 52.2 Å². The summed E-state index contributed by atoms with van der Waals surface area (Å²) in [5.74, 6) is -2.05. The molecule has 0 saturated heterocycles. The SMILES string of the molecule is CNC(=O)OCc1ccc(NC(=O)[C@H](CCCNC(N)=O)CC(=O)[C@@H](NC(=O)CCOCCN=[N+]=[N-])C(C)C)cc1. The number of Topliss-reactive ketones (excluding diaryl/α,β-unsaturated/α-hetero) is 1. The average molecular weight is 577 g/mol. The van der Waals surface area contributed by atoms with Crippen molar-refractivity contribution in [2.24, 2.45) is 22.7 Å². The molecule has 226 valence electrons. The topological polar surface area (TPSA) is 227 Å². The molecule has 0 aromatic heterocycles. The van der Waals surface area contributed by atoms with Gasteiger partial charge in [-0.05, 0) is 42.0 Å². The third-order valence-corrected chi connectivity index (χ3v) is 5.84. The number of carbonyl (C=O) groups is 5. The molecule has 0 aliphatic heterocycles. The van der Waals surface area contributed by atoms with Gasteiger partial charge in [0.2, 0.25) is 11.8 Å². The van der Waals surface area contributed by atoms with E-state index in [-0.39, 0.29) is 69.8 Å². The van der Waals surface area contributed by atoms with Crippen LogP contribution < -0.4 is 27.0 Å². The number of alkyl carbamates (subject to hydrolysis) is 1. The summed E-state index contributed by atoms with van der Waals surface area (Å²) in [7, 11) is 1.46. The van der Waals surface area contributed by atoms with Crippen LogP contribution in [0.5, 0.6) is 0 Å². The zero-order chi connectivity index (χ0) is 30.6. The Morgan fingerprint density at radius 2 is 1.80 bits per heavy atom. The lowest BCUT2D eigenvalue weighted by molar-refractivity contribution is -0.131. The van der Waals surface area contributed by atoms with Gasteiger partial charge < -0.3 is 36.5 Å².